The van der Waals surface area contributed by atoms with E-state index in [-0.39, 0.29) is 10.8 Å². The molecule has 1 heterocycles. The number of anilines is 2. The molecule has 0 unspecified atom stereocenters. The molecule has 0 saturated carbocycles. The van der Waals surface area contributed by atoms with Crippen LogP contribution in [0.1, 0.15) is 51.3 Å². The molecule has 29 heavy (non-hydrogen) atoms. The molecule has 0 bridgehead atoms. The fourth-order valence-electron chi connectivity index (χ4n) is 3.75. The summed E-state index contributed by atoms with van der Waals surface area (Å²) in [5.41, 5.74) is 6.46. The van der Waals surface area contributed by atoms with Gasteiger partial charge in [-0.25, -0.2) is 0 Å². The predicted molar refractivity (Wildman–Crippen MR) is 129 cm³/mol. The third-order valence-corrected chi connectivity index (χ3v) is 6.78. The molecule has 1 N–H and O–H groups in total. The third kappa shape index (κ3) is 3.95. The maximum absolute atomic E-state index is 3.63. The lowest BCUT2D eigenvalue weighted by molar-refractivity contribution is 0.590. The summed E-state index contributed by atoms with van der Waals surface area (Å²) in [5, 5.41) is 7.15. The second-order valence-electron chi connectivity index (χ2n) is 9.30. The van der Waals surface area contributed by atoms with Crippen molar-refractivity contribution < 1.29 is 0 Å². The van der Waals surface area contributed by atoms with Gasteiger partial charge in [0.05, 0.1) is 5.69 Å². The molecule has 4 rings (SSSR count). The van der Waals surface area contributed by atoms with Gasteiger partial charge in [0.15, 0.2) is 0 Å². The van der Waals surface area contributed by atoms with Crippen LogP contribution in [0.15, 0.2) is 78.2 Å². The Balaban J connectivity index is 1.67. The number of nitrogens with one attached hydrogen (secondary N) is 1. The monoisotopic (exact) mass is 399 g/mol. The van der Waals surface area contributed by atoms with Crippen LogP contribution < -0.4 is 5.32 Å². The number of fused-ring (bicyclic) bond motifs is 1. The molecule has 2 heteroatoms. The molecule has 0 fully saturated rings. The van der Waals surface area contributed by atoms with Crippen molar-refractivity contribution in [1.29, 1.82) is 0 Å². The molecule has 0 saturated heterocycles. The second kappa shape index (κ2) is 7.35. The highest BCUT2D eigenvalue weighted by Crippen LogP contribution is 2.38. The van der Waals surface area contributed by atoms with E-state index in [1.807, 2.05) is 0 Å². The number of hydrogen-bond donors (Lipinski definition) is 1. The number of benzene rings is 3. The van der Waals surface area contributed by atoms with Gasteiger partial charge in [-0.05, 0) is 46.4 Å². The van der Waals surface area contributed by atoms with Gasteiger partial charge in [-0.1, -0.05) is 83.1 Å². The lowest BCUT2D eigenvalue weighted by Crippen LogP contribution is -2.18. The van der Waals surface area contributed by atoms with Crippen molar-refractivity contribution in [3.8, 4) is 0 Å². The van der Waals surface area contributed by atoms with Crippen molar-refractivity contribution in [3.63, 3.8) is 0 Å². The quantitative estimate of drug-likeness (QED) is 0.364. The van der Waals surface area contributed by atoms with Crippen LogP contribution in [0.3, 0.4) is 0 Å². The zero-order valence-electron chi connectivity index (χ0n) is 17.9. The van der Waals surface area contributed by atoms with E-state index in [1.165, 1.54) is 32.5 Å². The molecule has 0 radical (unpaired) electrons. The van der Waals surface area contributed by atoms with Crippen LogP contribution in [0.5, 0.6) is 0 Å². The molecule has 0 amide bonds. The Kier molecular flexibility index (Phi) is 5.00. The number of rotatable bonds is 4. The summed E-state index contributed by atoms with van der Waals surface area (Å²) in [6.07, 6.45) is 0. The first-order valence-corrected chi connectivity index (χ1v) is 11.1. The van der Waals surface area contributed by atoms with Crippen molar-refractivity contribution in [3.05, 3.63) is 94.9 Å². The van der Waals surface area contributed by atoms with Gasteiger partial charge < -0.3 is 5.32 Å². The van der Waals surface area contributed by atoms with Crippen molar-refractivity contribution in [2.24, 2.45) is 0 Å². The molecule has 1 nitrogen and oxygen atoms in total. The fraction of sp³-hybridized carbons (Fsp3) is 0.259. The predicted octanol–water partition coefficient (Wildman–Crippen LogP) is 8.27. The normalized spacial score (nSPS) is 12.3. The molecule has 0 aliphatic heterocycles. The minimum Gasteiger partial charge on any atom is -0.354 e. The summed E-state index contributed by atoms with van der Waals surface area (Å²) in [5.74, 6) is 0. The molecule has 148 valence electrons. The van der Waals surface area contributed by atoms with Crippen LogP contribution in [-0.4, -0.2) is 0 Å². The van der Waals surface area contributed by atoms with E-state index in [9.17, 15) is 0 Å². The molecular weight excluding hydrogens is 370 g/mol. The summed E-state index contributed by atoms with van der Waals surface area (Å²) in [6, 6.07) is 26.4. The molecular formula is C27H29NS. The summed E-state index contributed by atoms with van der Waals surface area (Å²) in [6.45, 7) is 11.3. The lowest BCUT2D eigenvalue weighted by atomic mass is 9.78. The number of hydrogen-bond acceptors (Lipinski definition) is 2. The fourth-order valence-corrected chi connectivity index (χ4v) is 4.62. The highest BCUT2D eigenvalue weighted by atomic mass is 32.1. The standard InChI is InChI=1S/C27H29NS/c1-26(2,3)19-11-14-22(15-12-19)28-24-18-29-25-16-13-21(17-23(24)25)27(4,5)20-9-7-6-8-10-20/h6-18,28H,1-5H3. The van der Waals surface area contributed by atoms with Crippen molar-refractivity contribution in [1.82, 2.24) is 0 Å². The highest BCUT2D eigenvalue weighted by Gasteiger charge is 2.23. The van der Waals surface area contributed by atoms with E-state index in [0.717, 1.165) is 5.69 Å². The first-order chi connectivity index (χ1) is 13.7. The first-order valence-electron chi connectivity index (χ1n) is 10.2. The van der Waals surface area contributed by atoms with Gasteiger partial charge in [-0.2, -0.15) is 0 Å². The Morgan fingerprint density at radius 2 is 1.34 bits per heavy atom. The van der Waals surface area contributed by atoms with Gasteiger partial charge >= 0.3 is 0 Å². The lowest BCUT2D eigenvalue weighted by Gasteiger charge is -2.26. The average Bonchev–Trinajstić information content (AvgIpc) is 3.10. The summed E-state index contributed by atoms with van der Waals surface area (Å²) in [4.78, 5) is 0. The van der Waals surface area contributed by atoms with Crippen molar-refractivity contribution in [2.75, 3.05) is 5.32 Å². The Bertz CT molecular complexity index is 1110. The van der Waals surface area contributed by atoms with Gasteiger partial charge in [0.1, 0.15) is 0 Å². The Hall–Kier alpha value is -2.58. The van der Waals surface area contributed by atoms with Crippen LogP contribution in [0.2, 0.25) is 0 Å². The number of thiophene rings is 1. The van der Waals surface area contributed by atoms with Crippen LogP contribution in [0.25, 0.3) is 10.1 Å². The molecule has 0 aliphatic rings. The van der Waals surface area contributed by atoms with E-state index in [2.05, 4.69) is 118 Å². The van der Waals surface area contributed by atoms with E-state index in [4.69, 9.17) is 0 Å². The van der Waals surface area contributed by atoms with E-state index < -0.39 is 0 Å². The second-order valence-corrected chi connectivity index (χ2v) is 10.2. The first kappa shape index (κ1) is 19.7. The minimum absolute atomic E-state index is 0.0387. The topological polar surface area (TPSA) is 12.0 Å². The largest absolute Gasteiger partial charge is 0.354 e. The highest BCUT2D eigenvalue weighted by molar-refractivity contribution is 7.17. The third-order valence-electron chi connectivity index (χ3n) is 5.82. The van der Waals surface area contributed by atoms with Gasteiger partial charge in [-0.3, -0.25) is 0 Å². The minimum atomic E-state index is -0.0387. The van der Waals surface area contributed by atoms with Gasteiger partial charge in [0, 0.05) is 26.6 Å². The average molecular weight is 400 g/mol. The SMILES string of the molecule is CC(C)(C)c1ccc(Nc2csc3ccc(C(C)(C)c4ccccc4)cc23)cc1. The molecule has 0 atom stereocenters. The molecule has 0 aliphatic carbocycles. The zero-order chi connectivity index (χ0) is 20.6. The van der Waals surface area contributed by atoms with Crippen LogP contribution in [-0.2, 0) is 10.8 Å². The van der Waals surface area contributed by atoms with Crippen molar-refractivity contribution in [2.45, 2.75) is 45.4 Å². The van der Waals surface area contributed by atoms with E-state index in [1.54, 1.807) is 11.3 Å². The van der Waals surface area contributed by atoms with Gasteiger partial charge in [0.25, 0.3) is 0 Å². The summed E-state index contributed by atoms with van der Waals surface area (Å²) < 4.78 is 1.31. The maximum Gasteiger partial charge on any atom is 0.0573 e. The Labute approximate surface area is 178 Å². The molecule has 3 aromatic carbocycles. The van der Waals surface area contributed by atoms with Crippen molar-refractivity contribution >= 4 is 32.8 Å². The van der Waals surface area contributed by atoms with Crippen LogP contribution >= 0.6 is 11.3 Å². The molecule has 4 aromatic rings. The summed E-state index contributed by atoms with van der Waals surface area (Å²) in [7, 11) is 0. The van der Waals surface area contributed by atoms with E-state index in [0.29, 0.717) is 0 Å². The Morgan fingerprint density at radius 3 is 2.00 bits per heavy atom. The Morgan fingerprint density at radius 1 is 0.690 bits per heavy atom. The molecule has 0 spiro atoms. The van der Waals surface area contributed by atoms with Gasteiger partial charge in [-0.15, -0.1) is 11.3 Å². The molecule has 1 aromatic heterocycles. The zero-order valence-corrected chi connectivity index (χ0v) is 18.7. The van der Waals surface area contributed by atoms with Crippen LogP contribution in [0, 0.1) is 0 Å². The van der Waals surface area contributed by atoms with Gasteiger partial charge in [0.2, 0.25) is 0 Å². The maximum atomic E-state index is 3.63. The van der Waals surface area contributed by atoms with Crippen LogP contribution in [0.4, 0.5) is 11.4 Å². The smallest absolute Gasteiger partial charge is 0.0573 e. The van der Waals surface area contributed by atoms with E-state index >= 15 is 0 Å². The summed E-state index contributed by atoms with van der Waals surface area (Å²) >= 11 is 1.79.